The molecule has 1 aromatic carbocycles. The summed E-state index contributed by atoms with van der Waals surface area (Å²) < 4.78 is 10.8. The third-order valence-electron chi connectivity index (χ3n) is 4.93. The largest absolute Gasteiger partial charge is 0.497 e. The summed E-state index contributed by atoms with van der Waals surface area (Å²) in [6.07, 6.45) is 2.49. The minimum Gasteiger partial charge on any atom is -0.497 e. The first kappa shape index (κ1) is 20.4. The molecule has 26 heavy (non-hydrogen) atoms. The first-order chi connectivity index (χ1) is 12.6. The SMILES string of the molecule is CCCN1CCC(CNC(=NC)N(C)Cc2ccc(OC)cc2OC)C1. The van der Waals surface area contributed by atoms with Crippen molar-refractivity contribution in [1.29, 1.82) is 0 Å². The van der Waals surface area contributed by atoms with E-state index in [0.717, 1.165) is 36.1 Å². The maximum atomic E-state index is 5.51. The lowest BCUT2D eigenvalue weighted by molar-refractivity contribution is 0.323. The number of hydrogen-bond donors (Lipinski definition) is 1. The Morgan fingerprint density at radius 1 is 1.35 bits per heavy atom. The maximum Gasteiger partial charge on any atom is 0.193 e. The van der Waals surface area contributed by atoms with E-state index in [1.54, 1.807) is 14.2 Å². The van der Waals surface area contributed by atoms with E-state index < -0.39 is 0 Å². The van der Waals surface area contributed by atoms with Crippen molar-refractivity contribution in [3.63, 3.8) is 0 Å². The van der Waals surface area contributed by atoms with Gasteiger partial charge in [0.05, 0.1) is 14.2 Å². The van der Waals surface area contributed by atoms with Crippen LogP contribution >= 0.6 is 0 Å². The summed E-state index contributed by atoms with van der Waals surface area (Å²) in [5.74, 6) is 3.24. The molecule has 0 radical (unpaired) electrons. The average molecular weight is 363 g/mol. The lowest BCUT2D eigenvalue weighted by Gasteiger charge is -2.24. The summed E-state index contributed by atoms with van der Waals surface area (Å²) in [5.41, 5.74) is 1.11. The molecule has 1 fully saturated rings. The highest BCUT2D eigenvalue weighted by Gasteiger charge is 2.22. The summed E-state index contributed by atoms with van der Waals surface area (Å²) in [4.78, 5) is 9.13. The first-order valence-corrected chi connectivity index (χ1v) is 9.46. The van der Waals surface area contributed by atoms with Crippen molar-refractivity contribution in [1.82, 2.24) is 15.1 Å². The molecule has 0 spiro atoms. The van der Waals surface area contributed by atoms with Gasteiger partial charge in [0, 0.05) is 45.4 Å². The predicted octanol–water partition coefficient (Wildman–Crippen LogP) is 2.44. The summed E-state index contributed by atoms with van der Waals surface area (Å²) >= 11 is 0. The number of methoxy groups -OCH3 is 2. The number of benzene rings is 1. The van der Waals surface area contributed by atoms with Gasteiger partial charge in [0.1, 0.15) is 11.5 Å². The smallest absolute Gasteiger partial charge is 0.193 e. The van der Waals surface area contributed by atoms with Gasteiger partial charge >= 0.3 is 0 Å². The van der Waals surface area contributed by atoms with Gasteiger partial charge in [0.25, 0.3) is 0 Å². The molecule has 0 aromatic heterocycles. The van der Waals surface area contributed by atoms with Crippen molar-refractivity contribution in [3.05, 3.63) is 23.8 Å². The molecule has 1 N–H and O–H groups in total. The van der Waals surface area contributed by atoms with E-state index in [-0.39, 0.29) is 0 Å². The van der Waals surface area contributed by atoms with Crippen LogP contribution in [0, 0.1) is 5.92 Å². The normalized spacial score (nSPS) is 18.0. The van der Waals surface area contributed by atoms with Gasteiger partial charge in [0.2, 0.25) is 0 Å². The van der Waals surface area contributed by atoms with Gasteiger partial charge in [0.15, 0.2) is 5.96 Å². The molecular formula is C20H34N4O2. The van der Waals surface area contributed by atoms with E-state index in [1.807, 2.05) is 25.2 Å². The van der Waals surface area contributed by atoms with E-state index in [9.17, 15) is 0 Å². The van der Waals surface area contributed by atoms with Crippen molar-refractivity contribution in [3.8, 4) is 11.5 Å². The molecule has 1 heterocycles. The Morgan fingerprint density at radius 3 is 2.81 bits per heavy atom. The van der Waals surface area contributed by atoms with Crippen LogP contribution in [-0.4, -0.2) is 70.3 Å². The van der Waals surface area contributed by atoms with Gasteiger partial charge in [-0.1, -0.05) is 6.92 Å². The van der Waals surface area contributed by atoms with Crippen LogP contribution in [0.1, 0.15) is 25.3 Å². The number of ether oxygens (including phenoxy) is 2. The minimum absolute atomic E-state index is 0.697. The maximum absolute atomic E-state index is 5.51. The topological polar surface area (TPSA) is 49.3 Å². The van der Waals surface area contributed by atoms with E-state index in [2.05, 4.69) is 34.1 Å². The third kappa shape index (κ3) is 5.53. The van der Waals surface area contributed by atoms with Gasteiger partial charge in [-0.15, -0.1) is 0 Å². The fourth-order valence-corrected chi connectivity index (χ4v) is 3.53. The van der Waals surface area contributed by atoms with Crippen LogP contribution in [0.25, 0.3) is 0 Å². The number of hydrogen-bond acceptors (Lipinski definition) is 4. The van der Waals surface area contributed by atoms with E-state index in [1.165, 1.54) is 32.5 Å². The highest BCUT2D eigenvalue weighted by molar-refractivity contribution is 5.79. The van der Waals surface area contributed by atoms with Crippen LogP contribution < -0.4 is 14.8 Å². The second-order valence-electron chi connectivity index (χ2n) is 6.92. The zero-order chi connectivity index (χ0) is 18.9. The van der Waals surface area contributed by atoms with Crippen molar-refractivity contribution < 1.29 is 9.47 Å². The number of nitrogens with zero attached hydrogens (tertiary/aromatic N) is 3. The molecule has 0 aliphatic carbocycles. The fraction of sp³-hybridized carbons (Fsp3) is 0.650. The molecule has 0 bridgehead atoms. The molecule has 1 atom stereocenters. The van der Waals surface area contributed by atoms with E-state index in [4.69, 9.17) is 9.47 Å². The highest BCUT2D eigenvalue weighted by atomic mass is 16.5. The van der Waals surface area contributed by atoms with Crippen molar-refractivity contribution >= 4 is 5.96 Å². The monoisotopic (exact) mass is 362 g/mol. The van der Waals surface area contributed by atoms with Crippen molar-refractivity contribution in [2.75, 3.05) is 54.5 Å². The Labute approximate surface area is 158 Å². The fourth-order valence-electron chi connectivity index (χ4n) is 3.53. The number of rotatable bonds is 8. The predicted molar refractivity (Wildman–Crippen MR) is 107 cm³/mol. The number of likely N-dealkylation sites (tertiary alicyclic amines) is 1. The summed E-state index contributed by atoms with van der Waals surface area (Å²) in [5, 5.41) is 3.54. The van der Waals surface area contributed by atoms with Gasteiger partial charge in [-0.2, -0.15) is 0 Å². The Morgan fingerprint density at radius 2 is 2.15 bits per heavy atom. The average Bonchev–Trinajstić information content (AvgIpc) is 3.10. The molecule has 1 saturated heterocycles. The second-order valence-corrected chi connectivity index (χ2v) is 6.92. The lowest BCUT2D eigenvalue weighted by atomic mass is 10.1. The molecule has 146 valence electrons. The van der Waals surface area contributed by atoms with Gasteiger partial charge < -0.3 is 24.6 Å². The minimum atomic E-state index is 0.697. The van der Waals surface area contributed by atoms with Crippen molar-refractivity contribution in [2.45, 2.75) is 26.3 Å². The molecule has 0 amide bonds. The Balaban J connectivity index is 1.90. The van der Waals surface area contributed by atoms with Crippen LogP contribution in [0.2, 0.25) is 0 Å². The standard InChI is InChI=1S/C20H34N4O2/c1-6-10-24-11-9-16(14-24)13-22-20(21-2)23(3)15-17-7-8-18(25-4)12-19(17)26-5/h7-8,12,16H,6,9-11,13-15H2,1-5H3,(H,21,22). The molecule has 0 saturated carbocycles. The molecule has 2 rings (SSSR count). The summed E-state index contributed by atoms with van der Waals surface area (Å²) in [6, 6.07) is 5.92. The van der Waals surface area contributed by atoms with Gasteiger partial charge in [-0.3, -0.25) is 4.99 Å². The molecule has 1 unspecified atom stereocenters. The number of nitrogens with one attached hydrogen (secondary N) is 1. The molecular weight excluding hydrogens is 328 g/mol. The summed E-state index contributed by atoms with van der Waals surface area (Å²) in [6.45, 7) is 7.56. The van der Waals surface area contributed by atoms with Gasteiger partial charge in [-0.25, -0.2) is 0 Å². The number of guanidine groups is 1. The second kappa shape index (κ2) is 10.3. The van der Waals surface area contributed by atoms with Crippen LogP contribution in [0.5, 0.6) is 11.5 Å². The van der Waals surface area contributed by atoms with E-state index >= 15 is 0 Å². The summed E-state index contributed by atoms with van der Waals surface area (Å²) in [7, 11) is 7.24. The number of aliphatic imine (C=N–C) groups is 1. The lowest BCUT2D eigenvalue weighted by Crippen LogP contribution is -2.41. The Hall–Kier alpha value is -1.95. The zero-order valence-electron chi connectivity index (χ0n) is 16.9. The first-order valence-electron chi connectivity index (χ1n) is 9.46. The Bertz CT molecular complexity index is 591. The van der Waals surface area contributed by atoms with Crippen LogP contribution in [0.4, 0.5) is 0 Å². The third-order valence-corrected chi connectivity index (χ3v) is 4.93. The van der Waals surface area contributed by atoms with Crippen LogP contribution in [-0.2, 0) is 6.54 Å². The molecule has 1 aliphatic rings. The van der Waals surface area contributed by atoms with E-state index in [0.29, 0.717) is 5.92 Å². The van der Waals surface area contributed by atoms with Crippen LogP contribution in [0.3, 0.4) is 0 Å². The molecule has 6 nitrogen and oxygen atoms in total. The molecule has 6 heteroatoms. The van der Waals surface area contributed by atoms with Crippen molar-refractivity contribution in [2.24, 2.45) is 10.9 Å². The highest BCUT2D eigenvalue weighted by Crippen LogP contribution is 2.25. The van der Waals surface area contributed by atoms with Crippen LogP contribution in [0.15, 0.2) is 23.2 Å². The quantitative estimate of drug-likeness (QED) is 0.569. The zero-order valence-corrected chi connectivity index (χ0v) is 16.9. The Kier molecular flexibility index (Phi) is 8.04. The molecule has 1 aliphatic heterocycles. The van der Waals surface area contributed by atoms with Gasteiger partial charge in [-0.05, 0) is 44.0 Å². The molecule has 1 aromatic rings.